The highest BCUT2D eigenvalue weighted by atomic mass is 19.1. The Morgan fingerprint density at radius 3 is 2.56 bits per heavy atom. The van der Waals surface area contributed by atoms with Gasteiger partial charge < -0.3 is 15.2 Å². The number of nitriles is 1. The molecule has 39 heavy (non-hydrogen) atoms. The summed E-state index contributed by atoms with van der Waals surface area (Å²) in [5.41, 5.74) is 4.28. The Labute approximate surface area is 221 Å². The fraction of sp³-hybridized carbons (Fsp3) is 0.111. The van der Waals surface area contributed by atoms with E-state index < -0.39 is 5.95 Å². The van der Waals surface area contributed by atoms with Crippen molar-refractivity contribution in [1.82, 2.24) is 35.4 Å². The van der Waals surface area contributed by atoms with Crippen LogP contribution in [0.2, 0.25) is 0 Å². The summed E-state index contributed by atoms with van der Waals surface area (Å²) in [7, 11) is 0. The van der Waals surface area contributed by atoms with Gasteiger partial charge in [-0.05, 0) is 49.7 Å². The van der Waals surface area contributed by atoms with Crippen molar-refractivity contribution in [3.05, 3.63) is 95.3 Å². The third-order valence-electron chi connectivity index (χ3n) is 5.59. The minimum Gasteiger partial charge on any atom is -0.347 e. The van der Waals surface area contributed by atoms with Crippen molar-refractivity contribution in [1.29, 1.82) is 5.26 Å². The first-order valence-corrected chi connectivity index (χ1v) is 11.7. The van der Waals surface area contributed by atoms with Crippen LogP contribution in [0.5, 0.6) is 0 Å². The first-order valence-electron chi connectivity index (χ1n) is 11.7. The second kappa shape index (κ2) is 10.8. The third-order valence-corrected chi connectivity index (χ3v) is 5.59. The Kier molecular flexibility index (Phi) is 6.96. The molecule has 0 aromatic carbocycles. The Hall–Kier alpha value is -5.57. The number of nitrogens with one attached hydrogen (secondary N) is 2. The van der Waals surface area contributed by atoms with E-state index in [4.69, 9.17) is 9.78 Å². The smallest absolute Gasteiger partial charge is 0.270 e. The molecule has 5 aromatic rings. The summed E-state index contributed by atoms with van der Waals surface area (Å²) >= 11 is 0. The van der Waals surface area contributed by atoms with Gasteiger partial charge in [0, 0.05) is 53.6 Å². The summed E-state index contributed by atoms with van der Waals surface area (Å²) in [6.07, 6.45) is 3.17. The Balaban J connectivity index is 1.22. The molecule has 0 fully saturated rings. The molecule has 12 heteroatoms. The van der Waals surface area contributed by atoms with Crippen LogP contribution in [0.15, 0.2) is 65.4 Å². The van der Waals surface area contributed by atoms with E-state index in [1.807, 2.05) is 19.1 Å². The molecular weight excluding hydrogens is 501 g/mol. The number of halogens is 1. The summed E-state index contributed by atoms with van der Waals surface area (Å²) in [4.78, 5) is 34.1. The molecule has 0 radical (unpaired) electrons. The first-order chi connectivity index (χ1) is 18.9. The number of anilines is 2. The zero-order valence-corrected chi connectivity index (χ0v) is 20.8. The van der Waals surface area contributed by atoms with Crippen LogP contribution in [0, 0.1) is 31.1 Å². The lowest BCUT2D eigenvalue weighted by atomic mass is 10.1. The summed E-state index contributed by atoms with van der Waals surface area (Å²) in [5.74, 6) is 0.391. The van der Waals surface area contributed by atoms with Gasteiger partial charge in [-0.2, -0.15) is 9.65 Å². The van der Waals surface area contributed by atoms with Crippen molar-refractivity contribution in [3.63, 3.8) is 0 Å². The largest absolute Gasteiger partial charge is 0.347 e. The second-order valence-electron chi connectivity index (χ2n) is 8.46. The molecule has 5 heterocycles. The molecule has 5 rings (SSSR count). The van der Waals surface area contributed by atoms with Crippen molar-refractivity contribution in [3.8, 4) is 28.7 Å². The Bertz CT molecular complexity index is 1690. The fourth-order valence-electron chi connectivity index (χ4n) is 3.70. The zero-order chi connectivity index (χ0) is 27.4. The molecule has 0 aliphatic carbocycles. The van der Waals surface area contributed by atoms with Gasteiger partial charge in [0.2, 0.25) is 11.7 Å². The molecule has 192 valence electrons. The number of carbonyl (C=O) groups excluding carboxylic acids is 1. The van der Waals surface area contributed by atoms with Crippen molar-refractivity contribution >= 4 is 17.5 Å². The van der Waals surface area contributed by atoms with Crippen LogP contribution >= 0.6 is 0 Å². The minimum atomic E-state index is -0.538. The second-order valence-corrected chi connectivity index (χ2v) is 8.46. The molecule has 0 spiro atoms. The Morgan fingerprint density at radius 2 is 1.87 bits per heavy atom. The summed E-state index contributed by atoms with van der Waals surface area (Å²) in [6.45, 7) is 3.79. The predicted octanol–water partition coefficient (Wildman–Crippen LogP) is 4.28. The van der Waals surface area contributed by atoms with Gasteiger partial charge in [-0.3, -0.25) is 14.8 Å². The van der Waals surface area contributed by atoms with Crippen LogP contribution in [0.3, 0.4) is 0 Å². The van der Waals surface area contributed by atoms with Crippen molar-refractivity contribution in [2.75, 3.05) is 5.32 Å². The minimum absolute atomic E-state index is 0.0764. The van der Waals surface area contributed by atoms with Crippen LogP contribution < -0.4 is 10.6 Å². The number of hydrogen-bond acceptors (Lipinski definition) is 10. The summed E-state index contributed by atoms with van der Waals surface area (Å²) < 4.78 is 18.1. The number of aryl methyl sites for hydroxylation is 2. The highest BCUT2D eigenvalue weighted by molar-refractivity contribution is 5.92. The van der Waals surface area contributed by atoms with Crippen LogP contribution in [0.1, 0.15) is 33.2 Å². The van der Waals surface area contributed by atoms with Crippen molar-refractivity contribution in [2.45, 2.75) is 20.4 Å². The molecule has 0 saturated heterocycles. The van der Waals surface area contributed by atoms with Crippen LogP contribution in [0.4, 0.5) is 16.0 Å². The normalized spacial score (nSPS) is 10.6. The molecule has 5 aromatic heterocycles. The summed E-state index contributed by atoms with van der Waals surface area (Å²) in [6, 6.07) is 14.9. The van der Waals surface area contributed by atoms with Gasteiger partial charge in [0.25, 0.3) is 5.91 Å². The molecule has 0 aliphatic rings. The number of rotatable bonds is 7. The van der Waals surface area contributed by atoms with E-state index in [1.54, 1.807) is 43.5 Å². The molecule has 0 bridgehead atoms. The molecule has 0 unspecified atom stereocenters. The van der Waals surface area contributed by atoms with Crippen molar-refractivity contribution < 1.29 is 13.7 Å². The highest BCUT2D eigenvalue weighted by Gasteiger charge is 2.12. The number of aromatic nitrogens is 6. The average Bonchev–Trinajstić information content (AvgIpc) is 3.39. The maximum absolute atomic E-state index is 13.3. The third kappa shape index (κ3) is 5.89. The van der Waals surface area contributed by atoms with Gasteiger partial charge in [0.15, 0.2) is 11.6 Å². The van der Waals surface area contributed by atoms with Gasteiger partial charge in [-0.15, -0.1) is 0 Å². The number of amides is 1. The quantitative estimate of drug-likeness (QED) is 0.296. The van der Waals surface area contributed by atoms with Gasteiger partial charge >= 0.3 is 0 Å². The maximum Gasteiger partial charge on any atom is 0.270 e. The lowest BCUT2D eigenvalue weighted by Crippen LogP contribution is -2.23. The van der Waals surface area contributed by atoms with E-state index in [2.05, 4.69) is 40.7 Å². The van der Waals surface area contributed by atoms with Crippen molar-refractivity contribution in [2.24, 2.45) is 0 Å². The summed E-state index contributed by atoms with van der Waals surface area (Å²) in [5, 5.41) is 18.4. The number of pyridine rings is 3. The van der Waals surface area contributed by atoms with Crippen LogP contribution in [-0.4, -0.2) is 36.0 Å². The lowest BCUT2D eigenvalue weighted by Gasteiger charge is -2.08. The zero-order valence-electron chi connectivity index (χ0n) is 20.8. The molecule has 0 atom stereocenters. The average molecular weight is 522 g/mol. The standard InChI is InChI=1S/C27H20FN9O2/c1-15-9-24(35-25-10-19(11-29)39-37-25)36-26(33-15)18-4-7-22(31-14-18)27(38)32-13-17-3-6-21(30-12-17)20-5-8-23(28)34-16(20)2/h3-10,12,14H,13H2,1-2H3,(H,32,38)(H,33,35,36,37). The highest BCUT2D eigenvalue weighted by Crippen LogP contribution is 2.22. The predicted molar refractivity (Wildman–Crippen MR) is 138 cm³/mol. The number of hydrogen-bond donors (Lipinski definition) is 2. The monoisotopic (exact) mass is 521 g/mol. The maximum atomic E-state index is 13.3. The van der Waals surface area contributed by atoms with E-state index in [-0.39, 0.29) is 23.9 Å². The van der Waals surface area contributed by atoms with Gasteiger partial charge in [0.05, 0.1) is 5.69 Å². The first kappa shape index (κ1) is 25.1. The molecular formula is C27H20FN9O2. The molecule has 2 N–H and O–H groups in total. The lowest BCUT2D eigenvalue weighted by molar-refractivity contribution is 0.0946. The van der Waals surface area contributed by atoms with E-state index >= 15 is 0 Å². The Morgan fingerprint density at radius 1 is 1.00 bits per heavy atom. The van der Waals surface area contributed by atoms with Gasteiger partial charge in [-0.1, -0.05) is 11.2 Å². The van der Waals surface area contributed by atoms with E-state index in [0.717, 1.165) is 11.1 Å². The van der Waals surface area contributed by atoms with E-state index in [1.165, 1.54) is 18.3 Å². The molecule has 0 saturated carbocycles. The fourth-order valence-corrected chi connectivity index (χ4v) is 3.70. The molecule has 0 aliphatic heterocycles. The van der Waals surface area contributed by atoms with Gasteiger partial charge in [0.1, 0.15) is 17.6 Å². The van der Waals surface area contributed by atoms with E-state index in [9.17, 15) is 9.18 Å². The van der Waals surface area contributed by atoms with Crippen LogP contribution in [-0.2, 0) is 6.54 Å². The number of carbonyl (C=O) groups is 1. The van der Waals surface area contributed by atoms with Crippen LogP contribution in [0.25, 0.3) is 22.6 Å². The SMILES string of the molecule is Cc1cc(Nc2cc(C#N)on2)nc(-c2ccc(C(=O)NCc3ccc(-c4ccc(F)nc4C)nc3)nc2)n1. The molecule has 11 nitrogen and oxygen atoms in total. The number of nitrogens with zero attached hydrogens (tertiary/aromatic N) is 7. The van der Waals surface area contributed by atoms with Gasteiger partial charge in [-0.25, -0.2) is 15.0 Å². The molecule has 1 amide bonds. The topological polar surface area (TPSA) is 155 Å². The van der Waals surface area contributed by atoms with E-state index in [0.29, 0.717) is 40.1 Å².